The zero-order valence-electron chi connectivity index (χ0n) is 12.4. The van der Waals surface area contributed by atoms with Gasteiger partial charge >= 0.3 is 0 Å². The number of nitriles is 1. The molecule has 0 radical (unpaired) electrons. The van der Waals surface area contributed by atoms with Gasteiger partial charge in [-0.1, -0.05) is 19.9 Å². The van der Waals surface area contributed by atoms with Gasteiger partial charge in [0.2, 0.25) is 0 Å². The summed E-state index contributed by atoms with van der Waals surface area (Å²) in [6.45, 7) is 8.08. The Hall–Kier alpha value is -2.05. The van der Waals surface area contributed by atoms with E-state index in [1.807, 2.05) is 18.2 Å². The van der Waals surface area contributed by atoms with Crippen molar-refractivity contribution in [3.63, 3.8) is 0 Å². The molecular formula is C17H21N3. The summed E-state index contributed by atoms with van der Waals surface area (Å²) < 4.78 is 2.25. The second kappa shape index (κ2) is 6.40. The highest BCUT2D eigenvalue weighted by molar-refractivity contribution is 5.37. The first-order valence-electron chi connectivity index (χ1n) is 6.97. The largest absolute Gasteiger partial charge is 0.346 e. The Bertz CT molecular complexity index is 617. The number of aryl methyl sites for hydroxylation is 1. The van der Waals surface area contributed by atoms with Crippen LogP contribution in [0.4, 0.5) is 0 Å². The van der Waals surface area contributed by atoms with E-state index in [-0.39, 0.29) is 0 Å². The van der Waals surface area contributed by atoms with Gasteiger partial charge in [0.15, 0.2) is 0 Å². The number of aromatic nitrogens is 1. The summed E-state index contributed by atoms with van der Waals surface area (Å²) in [5.74, 6) is 0. The van der Waals surface area contributed by atoms with Crippen molar-refractivity contribution in [3.05, 3.63) is 58.9 Å². The average molecular weight is 267 g/mol. The fraction of sp³-hybridized carbons (Fsp3) is 0.353. The Labute approximate surface area is 120 Å². The van der Waals surface area contributed by atoms with E-state index >= 15 is 0 Å². The SMILES string of the molecule is Cc1cc(C#N)ccc1Cn1cccc1CNC(C)C. The molecule has 0 bridgehead atoms. The van der Waals surface area contributed by atoms with E-state index < -0.39 is 0 Å². The number of benzene rings is 1. The van der Waals surface area contributed by atoms with Crippen LogP contribution in [0.1, 0.15) is 36.2 Å². The van der Waals surface area contributed by atoms with E-state index in [1.165, 1.54) is 16.8 Å². The Kier molecular flexibility index (Phi) is 4.60. The lowest BCUT2D eigenvalue weighted by atomic mass is 10.1. The summed E-state index contributed by atoms with van der Waals surface area (Å²) >= 11 is 0. The van der Waals surface area contributed by atoms with Gasteiger partial charge in [0.1, 0.15) is 0 Å². The molecule has 1 heterocycles. The van der Waals surface area contributed by atoms with Crippen molar-refractivity contribution in [2.75, 3.05) is 0 Å². The molecule has 20 heavy (non-hydrogen) atoms. The molecule has 3 nitrogen and oxygen atoms in total. The molecule has 0 fully saturated rings. The van der Waals surface area contributed by atoms with E-state index in [9.17, 15) is 0 Å². The molecule has 2 aromatic rings. The summed E-state index contributed by atoms with van der Waals surface area (Å²) in [5, 5.41) is 12.4. The fourth-order valence-corrected chi connectivity index (χ4v) is 2.20. The van der Waals surface area contributed by atoms with Crippen LogP contribution in [-0.4, -0.2) is 10.6 Å². The van der Waals surface area contributed by atoms with Gasteiger partial charge in [-0.05, 0) is 42.3 Å². The van der Waals surface area contributed by atoms with Gasteiger partial charge in [0.25, 0.3) is 0 Å². The summed E-state index contributed by atoms with van der Waals surface area (Å²) in [6, 6.07) is 12.8. The van der Waals surface area contributed by atoms with Crippen LogP contribution in [0.2, 0.25) is 0 Å². The molecule has 0 spiro atoms. The zero-order valence-corrected chi connectivity index (χ0v) is 12.4. The third kappa shape index (κ3) is 3.49. The maximum atomic E-state index is 8.91. The highest BCUT2D eigenvalue weighted by atomic mass is 15.0. The molecule has 0 amide bonds. The molecule has 3 heteroatoms. The van der Waals surface area contributed by atoms with Crippen molar-refractivity contribution >= 4 is 0 Å². The molecule has 0 saturated carbocycles. The average Bonchev–Trinajstić information content (AvgIpc) is 2.86. The molecule has 0 aliphatic rings. The molecular weight excluding hydrogens is 246 g/mol. The minimum absolute atomic E-state index is 0.481. The van der Waals surface area contributed by atoms with Crippen LogP contribution >= 0.6 is 0 Å². The quantitative estimate of drug-likeness (QED) is 0.903. The highest BCUT2D eigenvalue weighted by Crippen LogP contribution is 2.14. The maximum absolute atomic E-state index is 8.91. The molecule has 1 N–H and O–H groups in total. The van der Waals surface area contributed by atoms with Gasteiger partial charge < -0.3 is 9.88 Å². The summed E-state index contributed by atoms with van der Waals surface area (Å²) in [6.07, 6.45) is 2.11. The molecule has 2 rings (SSSR count). The Morgan fingerprint density at radius 3 is 2.75 bits per heavy atom. The monoisotopic (exact) mass is 267 g/mol. The van der Waals surface area contributed by atoms with Crippen LogP contribution in [0.3, 0.4) is 0 Å². The predicted octanol–water partition coefficient (Wildman–Crippen LogP) is 3.21. The van der Waals surface area contributed by atoms with E-state index in [1.54, 1.807) is 0 Å². The van der Waals surface area contributed by atoms with Crippen LogP contribution in [-0.2, 0) is 13.1 Å². The second-order valence-electron chi connectivity index (χ2n) is 5.42. The lowest BCUT2D eigenvalue weighted by Crippen LogP contribution is -2.23. The van der Waals surface area contributed by atoms with Crippen LogP contribution < -0.4 is 5.32 Å². The topological polar surface area (TPSA) is 40.8 Å². The predicted molar refractivity (Wildman–Crippen MR) is 81.4 cm³/mol. The smallest absolute Gasteiger partial charge is 0.0991 e. The van der Waals surface area contributed by atoms with Crippen molar-refractivity contribution in [1.82, 2.24) is 9.88 Å². The minimum Gasteiger partial charge on any atom is -0.346 e. The molecule has 0 aliphatic carbocycles. The van der Waals surface area contributed by atoms with E-state index in [0.717, 1.165) is 18.7 Å². The van der Waals surface area contributed by atoms with E-state index in [2.05, 4.69) is 55.1 Å². The Balaban J connectivity index is 2.14. The molecule has 0 unspecified atom stereocenters. The van der Waals surface area contributed by atoms with Crippen molar-refractivity contribution in [2.45, 2.75) is 39.9 Å². The molecule has 0 saturated heterocycles. The van der Waals surface area contributed by atoms with E-state index in [4.69, 9.17) is 5.26 Å². The van der Waals surface area contributed by atoms with Crippen LogP contribution in [0.5, 0.6) is 0 Å². The molecule has 0 atom stereocenters. The van der Waals surface area contributed by atoms with Gasteiger partial charge in [-0.15, -0.1) is 0 Å². The first-order chi connectivity index (χ1) is 9.60. The number of hydrogen-bond acceptors (Lipinski definition) is 2. The first kappa shape index (κ1) is 14.4. The lowest BCUT2D eigenvalue weighted by molar-refractivity contribution is 0.564. The molecule has 0 aliphatic heterocycles. The van der Waals surface area contributed by atoms with Crippen LogP contribution in [0, 0.1) is 18.3 Å². The first-order valence-corrected chi connectivity index (χ1v) is 6.97. The number of nitrogens with one attached hydrogen (secondary N) is 1. The summed E-state index contributed by atoms with van der Waals surface area (Å²) in [4.78, 5) is 0. The Morgan fingerprint density at radius 1 is 1.30 bits per heavy atom. The molecule has 1 aromatic carbocycles. The zero-order chi connectivity index (χ0) is 14.5. The second-order valence-corrected chi connectivity index (χ2v) is 5.42. The van der Waals surface area contributed by atoms with Gasteiger partial charge in [0.05, 0.1) is 11.6 Å². The third-order valence-corrected chi connectivity index (χ3v) is 3.43. The highest BCUT2D eigenvalue weighted by Gasteiger charge is 2.05. The van der Waals surface area contributed by atoms with Crippen molar-refractivity contribution < 1.29 is 0 Å². The van der Waals surface area contributed by atoms with Crippen molar-refractivity contribution in [2.24, 2.45) is 0 Å². The van der Waals surface area contributed by atoms with Crippen LogP contribution in [0.15, 0.2) is 36.5 Å². The van der Waals surface area contributed by atoms with E-state index in [0.29, 0.717) is 6.04 Å². The summed E-state index contributed by atoms with van der Waals surface area (Å²) in [5.41, 5.74) is 4.43. The number of hydrogen-bond donors (Lipinski definition) is 1. The maximum Gasteiger partial charge on any atom is 0.0991 e. The van der Waals surface area contributed by atoms with Gasteiger partial charge in [-0.25, -0.2) is 0 Å². The third-order valence-electron chi connectivity index (χ3n) is 3.43. The van der Waals surface area contributed by atoms with Crippen molar-refractivity contribution in [1.29, 1.82) is 5.26 Å². The number of rotatable bonds is 5. The fourth-order valence-electron chi connectivity index (χ4n) is 2.20. The minimum atomic E-state index is 0.481. The standard InChI is InChI=1S/C17H21N3/c1-13(2)19-11-17-5-4-8-20(17)12-16-7-6-15(10-18)9-14(16)3/h4-9,13,19H,11-12H2,1-3H3. The van der Waals surface area contributed by atoms with Gasteiger partial charge in [-0.3, -0.25) is 0 Å². The van der Waals surface area contributed by atoms with Crippen molar-refractivity contribution in [3.8, 4) is 6.07 Å². The van der Waals surface area contributed by atoms with Gasteiger partial charge in [-0.2, -0.15) is 5.26 Å². The van der Waals surface area contributed by atoms with Crippen LogP contribution in [0.25, 0.3) is 0 Å². The summed E-state index contributed by atoms with van der Waals surface area (Å²) in [7, 11) is 0. The lowest BCUT2D eigenvalue weighted by Gasteiger charge is -2.13. The normalized spacial score (nSPS) is 10.8. The Morgan fingerprint density at radius 2 is 2.10 bits per heavy atom. The molecule has 1 aromatic heterocycles. The number of nitrogens with zero attached hydrogens (tertiary/aromatic N) is 2. The van der Waals surface area contributed by atoms with Gasteiger partial charge in [0, 0.05) is 31.0 Å². The molecule has 104 valence electrons.